The van der Waals surface area contributed by atoms with E-state index in [4.69, 9.17) is 10.5 Å². The molecule has 0 radical (unpaired) electrons. The van der Waals surface area contributed by atoms with Gasteiger partial charge in [-0.1, -0.05) is 5.92 Å². The van der Waals surface area contributed by atoms with Crippen LogP contribution in [-0.2, 0) is 4.74 Å². The average Bonchev–Trinajstić information content (AvgIpc) is 3.39. The highest BCUT2D eigenvalue weighted by Crippen LogP contribution is 2.36. The molecule has 1 fully saturated rings. The van der Waals surface area contributed by atoms with Crippen LogP contribution in [0.15, 0.2) is 30.7 Å². The van der Waals surface area contributed by atoms with Gasteiger partial charge in [0.1, 0.15) is 22.9 Å². The van der Waals surface area contributed by atoms with Crippen molar-refractivity contribution in [3.05, 3.63) is 53.4 Å². The van der Waals surface area contributed by atoms with Gasteiger partial charge in [0.05, 0.1) is 31.6 Å². The molecule has 1 atom stereocenters. The first-order valence-electron chi connectivity index (χ1n) is 9.75. The van der Waals surface area contributed by atoms with Crippen molar-refractivity contribution in [1.82, 2.24) is 19.6 Å². The van der Waals surface area contributed by atoms with E-state index in [0.717, 1.165) is 25.6 Å². The minimum absolute atomic E-state index is 0.140. The second-order valence-corrected chi connectivity index (χ2v) is 6.78. The Labute approximate surface area is 172 Å². The lowest BCUT2D eigenvalue weighted by molar-refractivity contribution is 0.0528. The molecule has 0 amide bonds. The maximum Gasteiger partial charge on any atom is 0.343 e. The molecule has 8 nitrogen and oxygen atoms in total. The Hall–Kier alpha value is -3.51. The molecule has 154 valence electrons. The van der Waals surface area contributed by atoms with E-state index in [1.807, 2.05) is 6.07 Å². The van der Waals surface area contributed by atoms with E-state index < -0.39 is 11.8 Å². The molecule has 30 heavy (non-hydrogen) atoms. The lowest BCUT2D eigenvalue weighted by Gasteiger charge is -2.26. The van der Waals surface area contributed by atoms with Crippen LogP contribution >= 0.6 is 0 Å². The molecule has 0 spiro atoms. The zero-order valence-corrected chi connectivity index (χ0v) is 16.5. The molecular weight excluding hydrogens is 387 g/mol. The van der Waals surface area contributed by atoms with Gasteiger partial charge in [-0.25, -0.2) is 23.7 Å². The lowest BCUT2D eigenvalue weighted by Crippen LogP contribution is -2.25. The molecule has 0 saturated carbocycles. The predicted octanol–water partition coefficient (Wildman–Crippen LogP) is 2.09. The highest BCUT2D eigenvalue weighted by atomic mass is 19.1. The highest BCUT2D eigenvalue weighted by Gasteiger charge is 2.30. The Morgan fingerprint density at radius 3 is 3.10 bits per heavy atom. The molecule has 4 heterocycles. The number of carbonyl (C=O) groups is 1. The largest absolute Gasteiger partial charge is 0.462 e. The number of hydrogen-bond donors (Lipinski definition) is 1. The number of carbonyl (C=O) groups excluding carboxylic acids is 1. The van der Waals surface area contributed by atoms with Gasteiger partial charge in [0, 0.05) is 18.3 Å². The summed E-state index contributed by atoms with van der Waals surface area (Å²) >= 11 is 0. The standard InChI is InChI=1S/C21H21FN6O2/c1-2-30-21(29)16-13-25-28-10-7-19(26-20(16)28)27-9-4-6-18(27)15-11-14(22)12-24-17(15)5-3-8-23/h7,10-13,18H,2,4,6,8-9,23H2,1H3. The third-order valence-electron chi connectivity index (χ3n) is 4.95. The number of ether oxygens (including phenoxy) is 1. The molecule has 1 aliphatic heterocycles. The van der Waals surface area contributed by atoms with Crippen LogP contribution in [0.5, 0.6) is 0 Å². The van der Waals surface area contributed by atoms with Gasteiger partial charge < -0.3 is 15.4 Å². The fourth-order valence-electron chi connectivity index (χ4n) is 3.68. The first-order valence-corrected chi connectivity index (χ1v) is 9.75. The number of halogens is 1. The number of esters is 1. The van der Waals surface area contributed by atoms with Crippen molar-refractivity contribution >= 4 is 17.4 Å². The summed E-state index contributed by atoms with van der Waals surface area (Å²) in [6.45, 7) is 2.94. The van der Waals surface area contributed by atoms with Crippen molar-refractivity contribution < 1.29 is 13.9 Å². The Morgan fingerprint density at radius 2 is 2.30 bits per heavy atom. The fraction of sp³-hybridized carbons (Fsp3) is 0.333. The molecule has 1 aliphatic rings. The number of pyridine rings is 1. The van der Waals surface area contributed by atoms with Gasteiger partial charge in [0.15, 0.2) is 5.65 Å². The number of nitrogens with zero attached hydrogens (tertiary/aromatic N) is 5. The van der Waals surface area contributed by atoms with Crippen LogP contribution in [-0.4, -0.2) is 45.2 Å². The zero-order chi connectivity index (χ0) is 21.1. The molecule has 9 heteroatoms. The maximum absolute atomic E-state index is 14.0. The molecule has 2 N–H and O–H groups in total. The van der Waals surface area contributed by atoms with Crippen LogP contribution < -0.4 is 10.6 Å². The molecular formula is C21H21FN6O2. The van der Waals surface area contributed by atoms with Crippen LogP contribution in [0, 0.1) is 17.7 Å². The van der Waals surface area contributed by atoms with Crippen molar-refractivity contribution in [2.75, 3.05) is 24.6 Å². The molecule has 0 aromatic carbocycles. The van der Waals surface area contributed by atoms with Crippen LogP contribution in [0.2, 0.25) is 0 Å². The Kier molecular flexibility index (Phi) is 5.59. The number of hydrogen-bond acceptors (Lipinski definition) is 7. The van der Waals surface area contributed by atoms with Crippen LogP contribution in [0.3, 0.4) is 0 Å². The molecule has 0 aliphatic carbocycles. The number of rotatable bonds is 4. The molecule has 1 saturated heterocycles. The van der Waals surface area contributed by atoms with Gasteiger partial charge in [-0.3, -0.25) is 0 Å². The summed E-state index contributed by atoms with van der Waals surface area (Å²) in [6, 6.07) is 3.16. The van der Waals surface area contributed by atoms with E-state index in [2.05, 4.69) is 31.8 Å². The predicted molar refractivity (Wildman–Crippen MR) is 108 cm³/mol. The second-order valence-electron chi connectivity index (χ2n) is 6.78. The number of nitrogens with two attached hydrogens (primary N) is 1. The van der Waals surface area contributed by atoms with Crippen molar-refractivity contribution in [2.45, 2.75) is 25.8 Å². The number of fused-ring (bicyclic) bond motifs is 1. The van der Waals surface area contributed by atoms with Gasteiger partial charge in [-0.2, -0.15) is 5.10 Å². The molecule has 3 aromatic heterocycles. The summed E-state index contributed by atoms with van der Waals surface area (Å²) in [4.78, 5) is 23.1. The van der Waals surface area contributed by atoms with E-state index in [9.17, 15) is 9.18 Å². The third kappa shape index (κ3) is 3.69. The second kappa shape index (κ2) is 8.47. The van der Waals surface area contributed by atoms with E-state index in [0.29, 0.717) is 28.3 Å². The lowest BCUT2D eigenvalue weighted by atomic mass is 10.0. The van der Waals surface area contributed by atoms with E-state index in [1.165, 1.54) is 16.8 Å². The smallest absolute Gasteiger partial charge is 0.343 e. The van der Waals surface area contributed by atoms with E-state index >= 15 is 0 Å². The number of aromatic nitrogens is 4. The highest BCUT2D eigenvalue weighted by molar-refractivity contribution is 5.95. The first kappa shape index (κ1) is 19.8. The Bertz CT molecular complexity index is 1150. The fourth-order valence-corrected chi connectivity index (χ4v) is 3.68. The Morgan fingerprint density at radius 1 is 1.43 bits per heavy atom. The van der Waals surface area contributed by atoms with E-state index in [1.54, 1.807) is 13.1 Å². The summed E-state index contributed by atoms with van der Waals surface area (Å²) in [5.74, 6) is 5.51. The van der Waals surface area contributed by atoms with Crippen LogP contribution in [0.1, 0.15) is 47.4 Å². The summed E-state index contributed by atoms with van der Waals surface area (Å²) in [6.07, 6.45) is 6.06. The molecule has 0 bridgehead atoms. The summed E-state index contributed by atoms with van der Waals surface area (Å²) in [5.41, 5.74) is 7.42. The van der Waals surface area contributed by atoms with Crippen molar-refractivity contribution in [1.29, 1.82) is 0 Å². The monoisotopic (exact) mass is 408 g/mol. The molecule has 4 rings (SSSR count). The zero-order valence-electron chi connectivity index (χ0n) is 16.5. The SMILES string of the molecule is CCOC(=O)c1cnn2ccc(N3CCCC3c3cc(F)cnc3C#CCN)nc12. The van der Waals surface area contributed by atoms with E-state index in [-0.39, 0.29) is 19.2 Å². The quantitative estimate of drug-likeness (QED) is 0.521. The summed E-state index contributed by atoms with van der Waals surface area (Å²) in [7, 11) is 0. The van der Waals surface area contributed by atoms with Crippen molar-refractivity contribution in [2.24, 2.45) is 5.73 Å². The van der Waals surface area contributed by atoms with Gasteiger partial charge in [0.25, 0.3) is 0 Å². The molecule has 3 aromatic rings. The first-order chi connectivity index (χ1) is 14.6. The third-order valence-corrected chi connectivity index (χ3v) is 4.95. The average molecular weight is 408 g/mol. The van der Waals surface area contributed by atoms with Crippen LogP contribution in [0.4, 0.5) is 10.2 Å². The minimum atomic E-state index is -0.469. The topological polar surface area (TPSA) is 98.6 Å². The molecule has 1 unspecified atom stereocenters. The van der Waals surface area contributed by atoms with Gasteiger partial charge in [0.2, 0.25) is 0 Å². The van der Waals surface area contributed by atoms with Crippen molar-refractivity contribution in [3.8, 4) is 11.8 Å². The van der Waals surface area contributed by atoms with Gasteiger partial charge in [-0.05, 0) is 37.8 Å². The van der Waals surface area contributed by atoms with Crippen molar-refractivity contribution in [3.63, 3.8) is 0 Å². The number of anilines is 1. The van der Waals surface area contributed by atoms with Gasteiger partial charge >= 0.3 is 5.97 Å². The summed E-state index contributed by atoms with van der Waals surface area (Å²) < 4.78 is 20.6. The maximum atomic E-state index is 14.0. The van der Waals surface area contributed by atoms with Gasteiger partial charge in [-0.15, -0.1) is 0 Å². The summed E-state index contributed by atoms with van der Waals surface area (Å²) in [5, 5.41) is 4.17. The normalized spacial score (nSPS) is 15.8. The van der Waals surface area contributed by atoms with Crippen LogP contribution in [0.25, 0.3) is 5.65 Å². The Balaban J connectivity index is 1.74. The minimum Gasteiger partial charge on any atom is -0.462 e.